The van der Waals surface area contributed by atoms with Crippen molar-refractivity contribution in [2.45, 2.75) is 6.18 Å². The Kier molecular flexibility index (Phi) is 3.99. The molecule has 0 fully saturated rings. The number of nitrogens with zero attached hydrogens (tertiary/aromatic N) is 4. The normalized spacial score (nSPS) is 14.0. The lowest BCUT2D eigenvalue weighted by Gasteiger charge is -2.27. The molecule has 1 aliphatic heterocycles. The van der Waals surface area contributed by atoms with E-state index in [0.717, 1.165) is 12.1 Å². The molecule has 1 aliphatic rings. The first-order valence-electron chi connectivity index (χ1n) is 7.10. The molecule has 0 radical (unpaired) electrons. The van der Waals surface area contributed by atoms with Crippen LogP contribution in [0.15, 0.2) is 48.5 Å². The van der Waals surface area contributed by atoms with Crippen molar-refractivity contribution in [3.05, 3.63) is 54.6 Å². The summed E-state index contributed by atoms with van der Waals surface area (Å²) in [7, 11) is 1.42. The van der Waals surface area contributed by atoms with E-state index in [2.05, 4.69) is 27.0 Å². The molecule has 0 saturated heterocycles. The topological polar surface area (TPSA) is 70.5 Å². The van der Waals surface area contributed by atoms with Gasteiger partial charge in [0.2, 0.25) is 0 Å². The number of carbonyl (C=O) groups is 1. The lowest BCUT2D eigenvalue weighted by molar-refractivity contribution is -0.137. The number of carbonyl (C=O) groups excluding carboxylic acids is 1. The molecule has 0 aliphatic carbocycles. The van der Waals surface area contributed by atoms with Gasteiger partial charge in [0.15, 0.2) is 5.71 Å². The fourth-order valence-corrected chi connectivity index (χ4v) is 2.35. The summed E-state index contributed by atoms with van der Waals surface area (Å²) in [6.07, 6.45) is -1.84. The fraction of sp³-hybridized carbons (Fsp3) is 0.125. The van der Waals surface area contributed by atoms with Crippen molar-refractivity contribution in [3.63, 3.8) is 0 Å². The van der Waals surface area contributed by atoms with Crippen molar-refractivity contribution >= 4 is 28.6 Å². The first-order valence-corrected chi connectivity index (χ1v) is 7.10. The zero-order valence-corrected chi connectivity index (χ0v) is 13.0. The Morgan fingerprint density at radius 3 is 2.76 bits per heavy atom. The molecule has 0 unspecified atom stereocenters. The Labute approximate surface area is 140 Å². The summed E-state index contributed by atoms with van der Waals surface area (Å²) in [4.78, 5) is 20.0. The maximum absolute atomic E-state index is 13.0. The molecule has 0 atom stereocenters. The Morgan fingerprint density at radius 1 is 1.32 bits per heavy atom. The molecule has 1 amide bonds. The predicted octanol–water partition coefficient (Wildman–Crippen LogP) is 2.76. The standard InChI is InChI=1S/C16H12F3N5O/c1-9-13-12(7-21-8-22-13)24(23-14(9)15(25)20-2)11-5-3-4-10(6-11)16(17,18)19/h3-8H,1H2,2H3,(H,20,25). The van der Waals surface area contributed by atoms with Crippen molar-refractivity contribution in [1.29, 1.82) is 0 Å². The maximum Gasteiger partial charge on any atom is 0.416 e. The van der Waals surface area contributed by atoms with Gasteiger partial charge in [-0.1, -0.05) is 12.6 Å². The molecule has 128 valence electrons. The monoisotopic (exact) mass is 347 g/mol. The van der Waals surface area contributed by atoms with Gasteiger partial charge in [0.1, 0.15) is 17.7 Å². The number of alkyl halides is 3. The SMILES string of the molecule is C=C1C(C(=O)NC)=NN(c2cccc(C(F)(F)F)c2)c2cncnc21. The third-order valence-corrected chi connectivity index (χ3v) is 3.55. The van der Waals surface area contributed by atoms with Crippen LogP contribution in [0.3, 0.4) is 0 Å². The molecule has 25 heavy (non-hydrogen) atoms. The number of halogens is 3. The van der Waals surface area contributed by atoms with Crippen molar-refractivity contribution < 1.29 is 18.0 Å². The number of rotatable bonds is 2. The second kappa shape index (κ2) is 6.00. The van der Waals surface area contributed by atoms with Gasteiger partial charge in [0.25, 0.3) is 5.91 Å². The lowest BCUT2D eigenvalue weighted by atomic mass is 10.0. The quantitative estimate of drug-likeness (QED) is 0.907. The number of hydrazone groups is 1. The minimum Gasteiger partial charge on any atom is -0.354 e. The molecule has 3 rings (SSSR count). The molecule has 2 heterocycles. The van der Waals surface area contributed by atoms with Crippen LogP contribution >= 0.6 is 0 Å². The summed E-state index contributed by atoms with van der Waals surface area (Å²) >= 11 is 0. The number of anilines is 2. The Hall–Kier alpha value is -3.23. The highest BCUT2D eigenvalue weighted by Gasteiger charge is 2.33. The Morgan fingerprint density at radius 2 is 2.08 bits per heavy atom. The van der Waals surface area contributed by atoms with E-state index >= 15 is 0 Å². The van der Waals surface area contributed by atoms with Gasteiger partial charge in [-0.15, -0.1) is 0 Å². The maximum atomic E-state index is 13.0. The average molecular weight is 347 g/mol. The van der Waals surface area contributed by atoms with E-state index in [9.17, 15) is 18.0 Å². The number of fused-ring (bicyclic) bond motifs is 1. The molecule has 0 saturated carbocycles. The minimum absolute atomic E-state index is 0.0360. The number of aromatic nitrogens is 2. The van der Waals surface area contributed by atoms with Crippen molar-refractivity contribution in [2.24, 2.45) is 5.10 Å². The zero-order valence-electron chi connectivity index (χ0n) is 13.0. The summed E-state index contributed by atoms with van der Waals surface area (Å²) < 4.78 is 39.0. The van der Waals surface area contributed by atoms with E-state index < -0.39 is 17.6 Å². The zero-order chi connectivity index (χ0) is 18.2. The van der Waals surface area contributed by atoms with Gasteiger partial charge in [0, 0.05) is 12.6 Å². The smallest absolute Gasteiger partial charge is 0.354 e. The van der Waals surface area contributed by atoms with Crippen LogP contribution in [0.1, 0.15) is 11.3 Å². The highest BCUT2D eigenvalue weighted by atomic mass is 19.4. The van der Waals surface area contributed by atoms with Crippen LogP contribution in [0.2, 0.25) is 0 Å². The Bertz CT molecular complexity index is 891. The molecule has 9 heteroatoms. The van der Waals surface area contributed by atoms with Crippen molar-refractivity contribution in [1.82, 2.24) is 15.3 Å². The van der Waals surface area contributed by atoms with Crippen LogP contribution < -0.4 is 10.3 Å². The number of amides is 1. The molecule has 0 spiro atoms. The second-order valence-corrected chi connectivity index (χ2v) is 5.12. The predicted molar refractivity (Wildman–Crippen MR) is 86.2 cm³/mol. The number of hydrogen-bond donors (Lipinski definition) is 1. The minimum atomic E-state index is -4.50. The van der Waals surface area contributed by atoms with Crippen LogP contribution in [0.4, 0.5) is 24.5 Å². The van der Waals surface area contributed by atoms with E-state index in [0.29, 0.717) is 11.4 Å². The lowest BCUT2D eigenvalue weighted by Crippen LogP contribution is -2.33. The van der Waals surface area contributed by atoms with Gasteiger partial charge >= 0.3 is 6.18 Å². The largest absolute Gasteiger partial charge is 0.416 e. The molecule has 1 N–H and O–H groups in total. The first kappa shape index (κ1) is 16.6. The summed E-state index contributed by atoms with van der Waals surface area (Å²) in [5.74, 6) is -0.522. The third kappa shape index (κ3) is 2.95. The van der Waals surface area contributed by atoms with E-state index in [4.69, 9.17) is 0 Å². The van der Waals surface area contributed by atoms with Gasteiger partial charge in [-0.25, -0.2) is 15.0 Å². The Balaban J connectivity index is 2.18. The fourth-order valence-electron chi connectivity index (χ4n) is 2.35. The van der Waals surface area contributed by atoms with Crippen LogP contribution in [0.25, 0.3) is 5.57 Å². The number of benzene rings is 1. The summed E-state index contributed by atoms with van der Waals surface area (Å²) in [6, 6.07) is 4.61. The van der Waals surface area contributed by atoms with Gasteiger partial charge in [0.05, 0.1) is 17.4 Å². The second-order valence-electron chi connectivity index (χ2n) is 5.12. The molecule has 0 bridgehead atoms. The molecule has 2 aromatic rings. The van der Waals surface area contributed by atoms with E-state index in [1.54, 1.807) is 0 Å². The van der Waals surface area contributed by atoms with Gasteiger partial charge < -0.3 is 5.32 Å². The van der Waals surface area contributed by atoms with Crippen LogP contribution in [0.5, 0.6) is 0 Å². The van der Waals surface area contributed by atoms with Gasteiger partial charge in [-0.2, -0.15) is 18.3 Å². The van der Waals surface area contributed by atoms with E-state index in [1.165, 1.54) is 36.7 Å². The van der Waals surface area contributed by atoms with E-state index in [1.807, 2.05) is 0 Å². The van der Waals surface area contributed by atoms with Crippen LogP contribution in [0, 0.1) is 0 Å². The van der Waals surface area contributed by atoms with Crippen molar-refractivity contribution in [2.75, 3.05) is 12.1 Å². The van der Waals surface area contributed by atoms with Gasteiger partial charge in [-0.05, 0) is 18.2 Å². The number of nitrogens with one attached hydrogen (secondary N) is 1. The van der Waals surface area contributed by atoms with Crippen LogP contribution in [-0.4, -0.2) is 28.6 Å². The average Bonchev–Trinajstić information content (AvgIpc) is 2.61. The molecule has 1 aromatic heterocycles. The summed E-state index contributed by atoms with van der Waals surface area (Å²) in [6.45, 7) is 3.80. The molecular weight excluding hydrogens is 335 g/mol. The molecule has 1 aromatic carbocycles. The highest BCUT2D eigenvalue weighted by molar-refractivity contribution is 6.56. The van der Waals surface area contributed by atoms with Crippen LogP contribution in [-0.2, 0) is 11.0 Å². The third-order valence-electron chi connectivity index (χ3n) is 3.55. The summed E-state index contributed by atoms with van der Waals surface area (Å²) in [5, 5.41) is 7.78. The van der Waals surface area contributed by atoms with E-state index in [-0.39, 0.29) is 17.0 Å². The molecule has 6 nitrogen and oxygen atoms in total. The molecular formula is C16H12F3N5O. The first-order chi connectivity index (χ1) is 11.8. The van der Waals surface area contributed by atoms with Gasteiger partial charge in [-0.3, -0.25) is 4.79 Å². The van der Waals surface area contributed by atoms with Crippen molar-refractivity contribution in [3.8, 4) is 0 Å². The number of hydrogen-bond acceptors (Lipinski definition) is 5. The summed E-state index contributed by atoms with van der Waals surface area (Å²) in [5.41, 5.74) is 0.177. The highest BCUT2D eigenvalue weighted by Crippen LogP contribution is 2.38.